The molecule has 0 aliphatic heterocycles. The molecule has 1 N–H and O–H groups in total. The predicted molar refractivity (Wildman–Crippen MR) is 76.0 cm³/mol. The number of hydrogen-bond donors (Lipinski definition) is 1. The third-order valence-corrected chi connectivity index (χ3v) is 3.85. The molecule has 1 aromatic carbocycles. The molecule has 1 unspecified atom stereocenters. The van der Waals surface area contributed by atoms with Crippen LogP contribution in [-0.4, -0.2) is 18.3 Å². The third-order valence-electron chi connectivity index (χ3n) is 2.39. The van der Waals surface area contributed by atoms with Gasteiger partial charge in [-0.1, -0.05) is 18.5 Å². The molecule has 0 fully saturated rings. The molecule has 94 valence electrons. The normalized spacial score (nSPS) is 12.2. The highest BCUT2D eigenvalue weighted by molar-refractivity contribution is 9.10. The second-order valence-corrected chi connectivity index (χ2v) is 5.56. The Balaban J connectivity index is 2.55. The van der Waals surface area contributed by atoms with E-state index in [1.807, 2.05) is 0 Å². The summed E-state index contributed by atoms with van der Waals surface area (Å²) in [4.78, 5) is 11.8. The minimum atomic E-state index is -0.110. The number of nitrogens with one attached hydrogen (secondary N) is 1. The van der Waals surface area contributed by atoms with Gasteiger partial charge in [0.1, 0.15) is 0 Å². The summed E-state index contributed by atoms with van der Waals surface area (Å²) in [5, 5.41) is 3.39. The molecular weight excluding hydrogens is 325 g/mol. The number of carbonyl (C=O) groups excluding carboxylic acids is 1. The molecule has 0 saturated carbocycles. The molecule has 1 aromatic rings. The summed E-state index contributed by atoms with van der Waals surface area (Å²) in [6, 6.07) is 5.14. The molecule has 0 aromatic heterocycles. The van der Waals surface area contributed by atoms with Crippen molar-refractivity contribution in [3.8, 4) is 0 Å². The van der Waals surface area contributed by atoms with Crippen molar-refractivity contribution >= 4 is 45.0 Å². The molecule has 0 spiro atoms. The van der Waals surface area contributed by atoms with Crippen molar-refractivity contribution in [2.45, 2.75) is 13.3 Å². The first-order valence-corrected chi connectivity index (χ1v) is 7.04. The van der Waals surface area contributed by atoms with Gasteiger partial charge in [-0.25, -0.2) is 0 Å². The average Bonchev–Trinajstić information content (AvgIpc) is 2.30. The minimum Gasteiger partial charge on any atom is -0.352 e. The van der Waals surface area contributed by atoms with E-state index in [-0.39, 0.29) is 5.91 Å². The molecule has 0 aliphatic rings. The summed E-state index contributed by atoms with van der Waals surface area (Å²) in [7, 11) is 0. The fraction of sp³-hybridized carbons (Fsp3) is 0.417. The molecule has 0 heterocycles. The number of amides is 1. The van der Waals surface area contributed by atoms with Crippen molar-refractivity contribution in [2.75, 3.05) is 12.4 Å². The first-order chi connectivity index (χ1) is 8.04. The van der Waals surface area contributed by atoms with E-state index in [0.29, 0.717) is 28.9 Å². The van der Waals surface area contributed by atoms with Gasteiger partial charge in [-0.15, -0.1) is 11.6 Å². The van der Waals surface area contributed by atoms with Gasteiger partial charge < -0.3 is 5.32 Å². The highest BCUT2D eigenvalue weighted by Crippen LogP contribution is 2.23. The summed E-state index contributed by atoms with van der Waals surface area (Å²) in [5.41, 5.74) is 0.566. The Hall–Kier alpha value is -0.250. The molecule has 1 atom stereocenters. The number of carbonyl (C=O) groups is 1. The number of benzene rings is 1. The van der Waals surface area contributed by atoms with Crippen molar-refractivity contribution in [1.29, 1.82) is 0 Å². The smallest absolute Gasteiger partial charge is 0.251 e. The Kier molecular flexibility index (Phi) is 6.31. The van der Waals surface area contributed by atoms with Crippen LogP contribution in [-0.2, 0) is 0 Å². The lowest BCUT2D eigenvalue weighted by Gasteiger charge is -2.11. The maximum Gasteiger partial charge on any atom is 0.251 e. The fourth-order valence-corrected chi connectivity index (χ4v) is 2.09. The van der Waals surface area contributed by atoms with Crippen LogP contribution in [0, 0.1) is 5.92 Å². The Morgan fingerprint density at radius 2 is 2.24 bits per heavy atom. The van der Waals surface area contributed by atoms with E-state index in [1.54, 1.807) is 18.2 Å². The van der Waals surface area contributed by atoms with Crippen LogP contribution in [0.15, 0.2) is 22.7 Å². The molecule has 0 bridgehead atoms. The van der Waals surface area contributed by atoms with Crippen LogP contribution in [0.2, 0.25) is 5.02 Å². The number of rotatable bonds is 5. The van der Waals surface area contributed by atoms with E-state index in [2.05, 4.69) is 28.2 Å². The third kappa shape index (κ3) is 4.86. The van der Waals surface area contributed by atoms with Crippen LogP contribution in [0.4, 0.5) is 0 Å². The maximum absolute atomic E-state index is 11.8. The molecule has 1 rings (SSSR count). The topological polar surface area (TPSA) is 29.1 Å². The van der Waals surface area contributed by atoms with Crippen LogP contribution in [0.3, 0.4) is 0 Å². The zero-order chi connectivity index (χ0) is 12.8. The first-order valence-electron chi connectivity index (χ1n) is 5.33. The molecule has 2 nitrogen and oxygen atoms in total. The van der Waals surface area contributed by atoms with Gasteiger partial charge in [-0.2, -0.15) is 0 Å². The maximum atomic E-state index is 11.8. The van der Waals surface area contributed by atoms with Gasteiger partial charge in [0.2, 0.25) is 0 Å². The van der Waals surface area contributed by atoms with Gasteiger partial charge >= 0.3 is 0 Å². The lowest BCUT2D eigenvalue weighted by molar-refractivity contribution is 0.0948. The average molecular weight is 339 g/mol. The molecule has 0 aliphatic carbocycles. The monoisotopic (exact) mass is 337 g/mol. The van der Waals surface area contributed by atoms with Crippen LogP contribution >= 0.6 is 39.1 Å². The standard InChI is InChI=1S/C12H14BrCl2NO/c1-8(4-5-14)7-16-12(17)9-2-3-10(13)11(15)6-9/h2-3,6,8H,4-5,7H2,1H3,(H,16,17). The Morgan fingerprint density at radius 1 is 1.53 bits per heavy atom. The van der Waals surface area contributed by atoms with Crippen molar-refractivity contribution in [3.63, 3.8) is 0 Å². The lowest BCUT2D eigenvalue weighted by Crippen LogP contribution is -2.28. The summed E-state index contributed by atoms with van der Waals surface area (Å²) in [6.07, 6.45) is 0.892. The number of hydrogen-bond acceptors (Lipinski definition) is 1. The summed E-state index contributed by atoms with van der Waals surface area (Å²) in [5.74, 6) is 0.879. The van der Waals surface area contributed by atoms with E-state index in [1.165, 1.54) is 0 Å². The first kappa shape index (κ1) is 14.8. The molecule has 0 radical (unpaired) electrons. The van der Waals surface area contributed by atoms with Gasteiger partial charge in [0.25, 0.3) is 5.91 Å². The van der Waals surface area contributed by atoms with E-state index in [9.17, 15) is 4.79 Å². The minimum absolute atomic E-state index is 0.110. The Bertz CT molecular complexity index is 398. The summed E-state index contributed by atoms with van der Waals surface area (Å²) in [6.45, 7) is 2.68. The molecule has 1 amide bonds. The summed E-state index contributed by atoms with van der Waals surface area (Å²) >= 11 is 14.8. The fourth-order valence-electron chi connectivity index (χ4n) is 1.29. The van der Waals surface area contributed by atoms with Gasteiger partial charge in [-0.3, -0.25) is 4.79 Å². The van der Waals surface area contributed by atoms with E-state index >= 15 is 0 Å². The van der Waals surface area contributed by atoms with Crippen molar-refractivity contribution in [1.82, 2.24) is 5.32 Å². The number of halogens is 3. The molecule has 0 saturated heterocycles. The van der Waals surface area contributed by atoms with Crippen LogP contribution in [0.1, 0.15) is 23.7 Å². The second kappa shape index (κ2) is 7.24. The van der Waals surface area contributed by atoms with E-state index in [4.69, 9.17) is 23.2 Å². The van der Waals surface area contributed by atoms with Gasteiger partial charge in [0, 0.05) is 22.5 Å². The van der Waals surface area contributed by atoms with Crippen molar-refractivity contribution < 1.29 is 4.79 Å². The van der Waals surface area contributed by atoms with Crippen LogP contribution in [0.25, 0.3) is 0 Å². The van der Waals surface area contributed by atoms with Gasteiger partial charge in [0.15, 0.2) is 0 Å². The van der Waals surface area contributed by atoms with Crippen molar-refractivity contribution in [3.05, 3.63) is 33.3 Å². The lowest BCUT2D eigenvalue weighted by atomic mass is 10.1. The molecule has 5 heteroatoms. The van der Waals surface area contributed by atoms with E-state index in [0.717, 1.165) is 10.9 Å². The Labute approximate surface area is 120 Å². The zero-order valence-corrected chi connectivity index (χ0v) is 12.6. The predicted octanol–water partition coefficient (Wildman–Crippen LogP) is 4.10. The largest absolute Gasteiger partial charge is 0.352 e. The molecule has 17 heavy (non-hydrogen) atoms. The quantitative estimate of drug-likeness (QED) is 0.805. The SMILES string of the molecule is CC(CCCl)CNC(=O)c1ccc(Br)c(Cl)c1. The van der Waals surface area contributed by atoms with Crippen molar-refractivity contribution in [2.24, 2.45) is 5.92 Å². The van der Waals surface area contributed by atoms with E-state index < -0.39 is 0 Å². The highest BCUT2D eigenvalue weighted by Gasteiger charge is 2.09. The Morgan fingerprint density at radius 3 is 2.82 bits per heavy atom. The summed E-state index contributed by atoms with van der Waals surface area (Å²) < 4.78 is 0.784. The molecular formula is C12H14BrCl2NO. The second-order valence-electron chi connectivity index (χ2n) is 3.92. The van der Waals surface area contributed by atoms with Gasteiger partial charge in [-0.05, 0) is 46.5 Å². The highest BCUT2D eigenvalue weighted by atomic mass is 79.9. The zero-order valence-electron chi connectivity index (χ0n) is 9.47. The van der Waals surface area contributed by atoms with Crippen LogP contribution in [0.5, 0.6) is 0 Å². The van der Waals surface area contributed by atoms with Crippen LogP contribution < -0.4 is 5.32 Å². The number of alkyl halides is 1. The van der Waals surface area contributed by atoms with Gasteiger partial charge in [0.05, 0.1) is 5.02 Å².